The molecule has 0 radical (unpaired) electrons. The number of para-hydroxylation sites is 4. The zero-order valence-corrected chi connectivity index (χ0v) is 22.5. The first-order valence-corrected chi connectivity index (χ1v) is 14.6. The largest absolute Gasteiger partial charge is 0.488 e. The second kappa shape index (κ2) is 11.0. The Balaban J connectivity index is 1.04. The fourth-order valence-electron chi connectivity index (χ4n) is 4.94. The van der Waals surface area contributed by atoms with Crippen molar-refractivity contribution in [3.05, 3.63) is 91.3 Å². The third kappa shape index (κ3) is 5.33. The average Bonchev–Trinajstić information content (AvgIpc) is 3.69. The van der Waals surface area contributed by atoms with Gasteiger partial charge in [0.25, 0.3) is 11.8 Å². The van der Waals surface area contributed by atoms with Gasteiger partial charge >= 0.3 is 0 Å². The summed E-state index contributed by atoms with van der Waals surface area (Å²) in [5, 5.41) is 5.99. The van der Waals surface area contributed by atoms with Crippen LogP contribution in [0.15, 0.2) is 60.7 Å². The van der Waals surface area contributed by atoms with Gasteiger partial charge in [-0.1, -0.05) is 24.3 Å². The maximum Gasteiger partial charge on any atom is 0.265 e. The smallest absolute Gasteiger partial charge is 0.265 e. The molecule has 0 aliphatic heterocycles. The molecule has 2 aliphatic carbocycles. The quantitative estimate of drug-likeness (QED) is 0.229. The number of aryl methyl sites for hydroxylation is 4. The molecule has 0 fully saturated rings. The summed E-state index contributed by atoms with van der Waals surface area (Å²) in [6.45, 7) is 0.556. The van der Waals surface area contributed by atoms with Gasteiger partial charge in [0.15, 0.2) is 0 Å². The van der Waals surface area contributed by atoms with E-state index in [1.54, 1.807) is 22.7 Å². The molecule has 0 bridgehead atoms. The Morgan fingerprint density at radius 2 is 1.11 bits per heavy atom. The lowest BCUT2D eigenvalue weighted by molar-refractivity contribution is 0.102. The predicted octanol–water partition coefficient (Wildman–Crippen LogP) is 6.75. The summed E-state index contributed by atoms with van der Waals surface area (Å²) in [5.41, 5.74) is 3.86. The first-order valence-electron chi connectivity index (χ1n) is 12.9. The van der Waals surface area contributed by atoms with Crippen LogP contribution in [0.1, 0.15) is 53.1 Å². The molecule has 8 heteroatoms. The van der Waals surface area contributed by atoms with Crippen molar-refractivity contribution in [1.82, 2.24) is 0 Å². The summed E-state index contributed by atoms with van der Waals surface area (Å²) >= 11 is 3.16. The van der Waals surface area contributed by atoms with E-state index in [0.717, 1.165) is 35.4 Å². The molecule has 4 aromatic rings. The molecule has 38 heavy (non-hydrogen) atoms. The van der Waals surface area contributed by atoms with E-state index in [4.69, 9.17) is 9.47 Å². The van der Waals surface area contributed by atoms with Crippen molar-refractivity contribution < 1.29 is 19.1 Å². The van der Waals surface area contributed by atoms with Crippen LogP contribution in [0.3, 0.4) is 0 Å². The zero-order chi connectivity index (χ0) is 25.9. The molecular weight excluding hydrogens is 516 g/mol. The first-order chi connectivity index (χ1) is 18.6. The second-order valence-electron chi connectivity index (χ2n) is 9.42. The Morgan fingerprint density at radius 1 is 0.658 bits per heavy atom. The minimum absolute atomic E-state index is 0.114. The van der Waals surface area contributed by atoms with Crippen LogP contribution >= 0.6 is 22.7 Å². The number of carbonyl (C=O) groups is 2. The van der Waals surface area contributed by atoms with Gasteiger partial charge in [-0.3, -0.25) is 9.59 Å². The molecule has 6 nitrogen and oxygen atoms in total. The van der Waals surface area contributed by atoms with Crippen LogP contribution < -0.4 is 20.1 Å². The summed E-state index contributed by atoms with van der Waals surface area (Å²) in [4.78, 5) is 29.8. The van der Waals surface area contributed by atoms with E-state index in [9.17, 15) is 9.59 Å². The molecule has 2 amide bonds. The highest BCUT2D eigenvalue weighted by molar-refractivity contribution is 7.14. The average molecular weight is 545 g/mol. The number of benzene rings is 2. The van der Waals surface area contributed by atoms with Gasteiger partial charge in [0, 0.05) is 9.75 Å². The minimum Gasteiger partial charge on any atom is -0.488 e. The van der Waals surface area contributed by atoms with Gasteiger partial charge in [-0.15, -0.1) is 22.7 Å². The number of ether oxygens (including phenoxy) is 2. The van der Waals surface area contributed by atoms with E-state index in [2.05, 4.69) is 10.6 Å². The van der Waals surface area contributed by atoms with Gasteiger partial charge in [-0.05, 0) is 86.1 Å². The summed E-state index contributed by atoms with van der Waals surface area (Å²) in [6.07, 6.45) is 6.60. The van der Waals surface area contributed by atoms with Crippen molar-refractivity contribution in [1.29, 1.82) is 0 Å². The van der Waals surface area contributed by atoms with Gasteiger partial charge in [-0.25, -0.2) is 0 Å². The molecule has 6 rings (SSSR count). The molecule has 2 aromatic heterocycles. The van der Waals surface area contributed by atoms with Crippen LogP contribution in [0.2, 0.25) is 0 Å². The number of fused-ring (bicyclic) bond motifs is 2. The van der Waals surface area contributed by atoms with Gasteiger partial charge in [-0.2, -0.15) is 0 Å². The number of rotatable bonds is 9. The molecule has 0 spiro atoms. The lowest BCUT2D eigenvalue weighted by Gasteiger charge is -2.14. The van der Waals surface area contributed by atoms with E-state index in [1.807, 2.05) is 60.7 Å². The number of anilines is 2. The Kier molecular flexibility index (Phi) is 7.16. The summed E-state index contributed by atoms with van der Waals surface area (Å²) < 4.78 is 11.9. The fraction of sp³-hybridized carbons (Fsp3) is 0.267. The maximum atomic E-state index is 12.8. The van der Waals surface area contributed by atoms with Crippen molar-refractivity contribution in [2.45, 2.75) is 38.5 Å². The minimum atomic E-state index is -0.114. The third-order valence-corrected chi connectivity index (χ3v) is 9.28. The van der Waals surface area contributed by atoms with Crippen molar-refractivity contribution in [3.8, 4) is 11.5 Å². The maximum absolute atomic E-state index is 12.8. The Bertz CT molecular complexity index is 1330. The Morgan fingerprint density at radius 3 is 1.55 bits per heavy atom. The second-order valence-corrected chi connectivity index (χ2v) is 11.7. The molecule has 2 N–H and O–H groups in total. The molecule has 194 valence electrons. The summed E-state index contributed by atoms with van der Waals surface area (Å²) in [7, 11) is 0. The fourth-order valence-corrected chi connectivity index (χ4v) is 7.24. The van der Waals surface area contributed by atoms with E-state index in [0.29, 0.717) is 22.9 Å². The highest BCUT2D eigenvalue weighted by Gasteiger charge is 2.20. The molecule has 2 heterocycles. The number of carbonyl (C=O) groups excluding carboxylic acids is 2. The van der Waals surface area contributed by atoms with Gasteiger partial charge < -0.3 is 20.1 Å². The van der Waals surface area contributed by atoms with Crippen LogP contribution in [0.4, 0.5) is 11.4 Å². The molecule has 2 aliphatic rings. The van der Waals surface area contributed by atoms with Crippen molar-refractivity contribution in [2.75, 3.05) is 23.8 Å². The van der Waals surface area contributed by atoms with E-state index >= 15 is 0 Å². The van der Waals surface area contributed by atoms with Gasteiger partial charge in [0.05, 0.1) is 21.1 Å². The van der Waals surface area contributed by atoms with E-state index < -0.39 is 0 Å². The monoisotopic (exact) mass is 544 g/mol. The van der Waals surface area contributed by atoms with Crippen LogP contribution in [0.25, 0.3) is 0 Å². The van der Waals surface area contributed by atoms with Crippen LogP contribution in [0, 0.1) is 0 Å². The number of thiophene rings is 2. The number of nitrogens with one attached hydrogen (secondary N) is 2. The van der Waals surface area contributed by atoms with Crippen molar-refractivity contribution >= 4 is 45.9 Å². The van der Waals surface area contributed by atoms with Crippen LogP contribution in [-0.4, -0.2) is 25.0 Å². The predicted molar refractivity (Wildman–Crippen MR) is 152 cm³/mol. The number of hydrogen-bond acceptors (Lipinski definition) is 6. The molecule has 2 aromatic carbocycles. The summed E-state index contributed by atoms with van der Waals surface area (Å²) in [5.74, 6) is 0.941. The molecule has 0 atom stereocenters. The molecular formula is C30H28N2O4S2. The van der Waals surface area contributed by atoms with Crippen LogP contribution in [-0.2, 0) is 25.7 Å². The topological polar surface area (TPSA) is 76.7 Å². The van der Waals surface area contributed by atoms with E-state index in [-0.39, 0.29) is 25.0 Å². The van der Waals surface area contributed by atoms with E-state index in [1.165, 1.54) is 33.7 Å². The molecule has 0 saturated heterocycles. The number of amides is 2. The molecule has 0 saturated carbocycles. The summed E-state index contributed by atoms with van der Waals surface area (Å²) in [6, 6.07) is 18.8. The van der Waals surface area contributed by atoms with Crippen molar-refractivity contribution in [2.24, 2.45) is 0 Å². The standard InChI is InChI=1S/C30H28N2O4S2/c33-29(27-17-19-7-5-13-25(19)37-27)31-21-9-1-3-11-23(21)35-15-16-36-24-12-4-2-10-22(24)32-30(34)28-18-20-8-6-14-26(20)38-28/h1-4,9-12,17-18H,5-8,13-16H2,(H,31,33)(H,32,34). The normalized spacial score (nSPS) is 13.6. The number of hydrogen-bond donors (Lipinski definition) is 2. The van der Waals surface area contributed by atoms with Gasteiger partial charge in [0.1, 0.15) is 24.7 Å². The first kappa shape index (κ1) is 24.7. The zero-order valence-electron chi connectivity index (χ0n) is 20.9. The lowest BCUT2D eigenvalue weighted by Crippen LogP contribution is -2.15. The molecule has 0 unspecified atom stereocenters. The lowest BCUT2D eigenvalue weighted by atomic mass is 10.2. The van der Waals surface area contributed by atoms with Crippen LogP contribution in [0.5, 0.6) is 11.5 Å². The van der Waals surface area contributed by atoms with Crippen molar-refractivity contribution in [3.63, 3.8) is 0 Å². The third-order valence-electron chi connectivity index (χ3n) is 6.81. The highest BCUT2D eigenvalue weighted by Crippen LogP contribution is 2.33. The van der Waals surface area contributed by atoms with Gasteiger partial charge in [0.2, 0.25) is 0 Å². The highest BCUT2D eigenvalue weighted by atomic mass is 32.1. The SMILES string of the molecule is O=C(Nc1ccccc1OCCOc1ccccc1NC(=O)c1cc2c(s1)CCC2)c1cc2c(s1)CCC2. The Hall–Kier alpha value is -3.62. The Labute approximate surface area is 229 Å².